The van der Waals surface area contributed by atoms with Crippen molar-refractivity contribution < 1.29 is 4.52 Å². The molecule has 0 aliphatic carbocycles. The lowest BCUT2D eigenvalue weighted by molar-refractivity contribution is 0.354. The van der Waals surface area contributed by atoms with Gasteiger partial charge in [0.15, 0.2) is 0 Å². The summed E-state index contributed by atoms with van der Waals surface area (Å²) < 4.78 is 4.81. The fourth-order valence-corrected chi connectivity index (χ4v) is 0.850. The molecule has 0 fully saturated rings. The topological polar surface area (TPSA) is 35.2 Å². The standard InChI is InChI=1S/C6H16NOP/c7-5-3-1-2-4-6-8-9/h1-7,9H2. The third-order valence-electron chi connectivity index (χ3n) is 1.22. The molecule has 0 spiro atoms. The monoisotopic (exact) mass is 149 g/mol. The molecule has 0 saturated heterocycles. The summed E-state index contributed by atoms with van der Waals surface area (Å²) in [6.07, 6.45) is 4.79. The minimum absolute atomic E-state index is 0.821. The van der Waals surface area contributed by atoms with Gasteiger partial charge in [-0.2, -0.15) is 0 Å². The molecule has 56 valence electrons. The first kappa shape index (κ1) is 9.35. The maximum Gasteiger partial charge on any atom is 0.0501 e. The van der Waals surface area contributed by atoms with Crippen molar-refractivity contribution in [1.29, 1.82) is 0 Å². The van der Waals surface area contributed by atoms with Crippen molar-refractivity contribution in [2.75, 3.05) is 13.2 Å². The zero-order chi connectivity index (χ0) is 6.95. The largest absolute Gasteiger partial charge is 0.366 e. The van der Waals surface area contributed by atoms with E-state index in [4.69, 9.17) is 10.3 Å². The first-order valence-electron chi connectivity index (χ1n) is 3.43. The van der Waals surface area contributed by atoms with E-state index in [1.807, 2.05) is 0 Å². The second-order valence-electron chi connectivity index (χ2n) is 2.07. The van der Waals surface area contributed by atoms with Gasteiger partial charge in [0.1, 0.15) is 0 Å². The van der Waals surface area contributed by atoms with Crippen molar-refractivity contribution in [2.24, 2.45) is 5.73 Å². The van der Waals surface area contributed by atoms with Crippen LogP contribution in [0.4, 0.5) is 0 Å². The van der Waals surface area contributed by atoms with E-state index in [9.17, 15) is 0 Å². The lowest BCUT2D eigenvalue weighted by Crippen LogP contribution is -1.97. The van der Waals surface area contributed by atoms with Crippen molar-refractivity contribution in [3.63, 3.8) is 0 Å². The first-order valence-corrected chi connectivity index (χ1v) is 3.90. The van der Waals surface area contributed by atoms with E-state index in [0.29, 0.717) is 0 Å². The van der Waals surface area contributed by atoms with Crippen LogP contribution in [0.1, 0.15) is 25.7 Å². The predicted molar refractivity (Wildman–Crippen MR) is 43.2 cm³/mol. The molecule has 1 atom stereocenters. The highest BCUT2D eigenvalue weighted by atomic mass is 31.0. The maximum absolute atomic E-state index is 5.31. The van der Waals surface area contributed by atoms with Gasteiger partial charge in [-0.1, -0.05) is 12.8 Å². The molecule has 0 amide bonds. The van der Waals surface area contributed by atoms with E-state index in [0.717, 1.165) is 26.0 Å². The predicted octanol–water partition coefficient (Wildman–Crippen LogP) is 1.31. The summed E-state index contributed by atoms with van der Waals surface area (Å²) in [5, 5.41) is 0. The molecule has 0 rings (SSSR count). The number of rotatable bonds is 6. The van der Waals surface area contributed by atoms with Gasteiger partial charge < -0.3 is 10.3 Å². The Kier molecular flexibility index (Phi) is 8.67. The van der Waals surface area contributed by atoms with Gasteiger partial charge in [0.25, 0.3) is 0 Å². The van der Waals surface area contributed by atoms with Crippen LogP contribution in [-0.4, -0.2) is 13.2 Å². The molecule has 9 heavy (non-hydrogen) atoms. The SMILES string of the molecule is NCCCCCCOP. The highest BCUT2D eigenvalue weighted by Gasteiger charge is 1.86. The van der Waals surface area contributed by atoms with Crippen molar-refractivity contribution in [3.8, 4) is 0 Å². The molecule has 2 nitrogen and oxygen atoms in total. The van der Waals surface area contributed by atoms with E-state index in [-0.39, 0.29) is 0 Å². The lowest BCUT2D eigenvalue weighted by Gasteiger charge is -1.96. The molecule has 0 aromatic heterocycles. The zero-order valence-electron chi connectivity index (χ0n) is 5.81. The van der Waals surface area contributed by atoms with Crippen LogP contribution in [0.5, 0.6) is 0 Å². The summed E-state index contributed by atoms with van der Waals surface area (Å²) in [6, 6.07) is 0. The van der Waals surface area contributed by atoms with Gasteiger partial charge in [0, 0.05) is 9.47 Å². The Labute approximate surface area is 59.4 Å². The normalized spacial score (nSPS) is 10.0. The van der Waals surface area contributed by atoms with Crippen LogP contribution in [0.25, 0.3) is 0 Å². The molecule has 0 aromatic rings. The Balaban J connectivity index is 2.60. The Bertz CT molecular complexity index is 46.3. The molecule has 0 aliphatic rings. The summed E-state index contributed by atoms with van der Waals surface area (Å²) in [6.45, 7) is 1.68. The molecule has 0 bridgehead atoms. The Morgan fingerprint density at radius 2 is 1.78 bits per heavy atom. The quantitative estimate of drug-likeness (QED) is 0.456. The summed E-state index contributed by atoms with van der Waals surface area (Å²) in [4.78, 5) is 0. The van der Waals surface area contributed by atoms with E-state index < -0.39 is 0 Å². The Morgan fingerprint density at radius 1 is 1.11 bits per heavy atom. The molecule has 0 heterocycles. The molecule has 0 aliphatic heterocycles. The zero-order valence-corrected chi connectivity index (χ0v) is 6.96. The van der Waals surface area contributed by atoms with Gasteiger partial charge in [-0.15, -0.1) is 0 Å². The van der Waals surface area contributed by atoms with Gasteiger partial charge in [-0.25, -0.2) is 0 Å². The fourth-order valence-electron chi connectivity index (χ4n) is 0.683. The van der Waals surface area contributed by atoms with E-state index in [1.165, 1.54) is 12.8 Å². The molecular weight excluding hydrogens is 133 g/mol. The Morgan fingerprint density at radius 3 is 2.33 bits per heavy atom. The van der Waals surface area contributed by atoms with Crippen LogP contribution < -0.4 is 5.73 Å². The number of unbranched alkanes of at least 4 members (excludes halogenated alkanes) is 3. The van der Waals surface area contributed by atoms with Crippen molar-refractivity contribution in [1.82, 2.24) is 0 Å². The number of hydrogen-bond acceptors (Lipinski definition) is 2. The smallest absolute Gasteiger partial charge is 0.0501 e. The molecule has 3 heteroatoms. The van der Waals surface area contributed by atoms with E-state index in [2.05, 4.69) is 9.47 Å². The van der Waals surface area contributed by atoms with Gasteiger partial charge in [-0.05, 0) is 19.4 Å². The van der Waals surface area contributed by atoms with Gasteiger partial charge in [0.05, 0.1) is 6.61 Å². The van der Waals surface area contributed by atoms with E-state index >= 15 is 0 Å². The Hall–Kier alpha value is 0.350. The third kappa shape index (κ3) is 8.35. The highest BCUT2D eigenvalue weighted by Crippen LogP contribution is 1.99. The second-order valence-corrected chi connectivity index (χ2v) is 2.41. The molecule has 0 aromatic carbocycles. The minimum atomic E-state index is 0.821. The van der Waals surface area contributed by atoms with Crippen LogP contribution in [-0.2, 0) is 4.52 Å². The average molecular weight is 149 g/mol. The molecule has 2 N–H and O–H groups in total. The van der Waals surface area contributed by atoms with Crippen molar-refractivity contribution >= 4 is 9.47 Å². The molecule has 0 radical (unpaired) electrons. The first-order chi connectivity index (χ1) is 4.41. The maximum atomic E-state index is 5.31. The van der Waals surface area contributed by atoms with Crippen LogP contribution >= 0.6 is 9.47 Å². The van der Waals surface area contributed by atoms with Gasteiger partial charge in [-0.3, -0.25) is 0 Å². The second kappa shape index (κ2) is 8.35. The molecule has 1 unspecified atom stereocenters. The molecule has 0 saturated carbocycles. The number of hydrogen-bond donors (Lipinski definition) is 1. The van der Waals surface area contributed by atoms with Crippen LogP contribution in [0.3, 0.4) is 0 Å². The average Bonchev–Trinajstić information content (AvgIpc) is 1.89. The molecular formula is C6H16NOP. The summed E-state index contributed by atoms with van der Waals surface area (Å²) in [5.74, 6) is 0. The lowest BCUT2D eigenvalue weighted by atomic mass is 10.2. The van der Waals surface area contributed by atoms with E-state index in [1.54, 1.807) is 0 Å². The van der Waals surface area contributed by atoms with Gasteiger partial charge >= 0.3 is 0 Å². The number of nitrogens with two attached hydrogens (primary N) is 1. The fraction of sp³-hybridized carbons (Fsp3) is 1.00. The van der Waals surface area contributed by atoms with Crippen molar-refractivity contribution in [3.05, 3.63) is 0 Å². The summed E-state index contributed by atoms with van der Waals surface area (Å²) >= 11 is 0. The minimum Gasteiger partial charge on any atom is -0.366 e. The van der Waals surface area contributed by atoms with Crippen LogP contribution in [0.2, 0.25) is 0 Å². The summed E-state index contributed by atoms with van der Waals surface area (Å²) in [5.41, 5.74) is 5.31. The van der Waals surface area contributed by atoms with Crippen LogP contribution in [0.15, 0.2) is 0 Å². The van der Waals surface area contributed by atoms with Gasteiger partial charge in [0.2, 0.25) is 0 Å². The summed E-state index contributed by atoms with van der Waals surface area (Å²) in [7, 11) is 2.25. The van der Waals surface area contributed by atoms with Crippen LogP contribution in [0, 0.1) is 0 Å². The third-order valence-corrected chi connectivity index (χ3v) is 1.45. The highest BCUT2D eigenvalue weighted by molar-refractivity contribution is 7.09. The van der Waals surface area contributed by atoms with Crippen molar-refractivity contribution in [2.45, 2.75) is 25.7 Å².